The number of nitrogens with zero attached hydrogens (tertiary/aromatic N) is 1. The zero-order valence-electron chi connectivity index (χ0n) is 11.7. The molecule has 1 heterocycles. The molecule has 1 aromatic carbocycles. The van der Waals surface area contributed by atoms with Crippen molar-refractivity contribution < 1.29 is 4.74 Å². The van der Waals surface area contributed by atoms with E-state index in [2.05, 4.69) is 53.8 Å². The highest BCUT2D eigenvalue weighted by Gasteiger charge is 2.13. The second-order valence-corrected chi connectivity index (χ2v) is 6.57. The monoisotopic (exact) mass is 319 g/mol. The summed E-state index contributed by atoms with van der Waals surface area (Å²) in [5.41, 5.74) is 2.46. The van der Waals surface area contributed by atoms with Crippen molar-refractivity contribution in [2.45, 2.75) is 33.1 Å². The van der Waals surface area contributed by atoms with Crippen LogP contribution in [0.2, 0.25) is 0 Å². The van der Waals surface area contributed by atoms with Gasteiger partial charge in [-0.25, -0.2) is 4.98 Å². The molecular weight excluding hydrogens is 302 g/mol. The minimum absolute atomic E-state index is 0.157. The number of hydrogen-bond donors (Lipinski definition) is 0. The van der Waals surface area contributed by atoms with Crippen LogP contribution in [-0.4, -0.2) is 4.98 Å². The van der Waals surface area contributed by atoms with Crippen molar-refractivity contribution in [2.75, 3.05) is 0 Å². The molecule has 0 amide bonds. The van der Waals surface area contributed by atoms with E-state index in [4.69, 9.17) is 4.74 Å². The Morgan fingerprint density at radius 2 is 1.74 bits per heavy atom. The molecule has 2 nitrogen and oxygen atoms in total. The molecule has 0 saturated heterocycles. The normalized spacial score (nSPS) is 11.4. The molecule has 0 aliphatic rings. The van der Waals surface area contributed by atoms with Gasteiger partial charge in [0.25, 0.3) is 0 Å². The highest BCUT2D eigenvalue weighted by Crippen LogP contribution is 2.28. The lowest BCUT2D eigenvalue weighted by Crippen LogP contribution is -2.10. The minimum atomic E-state index is 0.157. The van der Waals surface area contributed by atoms with Crippen LogP contribution >= 0.6 is 15.9 Å². The first-order chi connectivity index (χ1) is 8.86. The van der Waals surface area contributed by atoms with Gasteiger partial charge in [-0.2, -0.15) is 0 Å². The number of hydrogen-bond acceptors (Lipinski definition) is 2. The summed E-state index contributed by atoms with van der Waals surface area (Å²) in [5, 5.41) is 0. The van der Waals surface area contributed by atoms with E-state index < -0.39 is 0 Å². The summed E-state index contributed by atoms with van der Waals surface area (Å²) in [6, 6.07) is 10.2. The second-order valence-electron chi connectivity index (χ2n) is 5.65. The Kier molecular flexibility index (Phi) is 3.95. The van der Waals surface area contributed by atoms with Crippen LogP contribution in [0.1, 0.15) is 31.9 Å². The number of halogens is 1. The standard InChI is InChI=1S/C16H18BrNO/c1-11-9-13(17)10-18-15(11)19-14-7-5-12(6-8-14)16(2,3)4/h5-10H,1-4H3. The van der Waals surface area contributed by atoms with E-state index in [1.54, 1.807) is 6.20 Å². The molecule has 100 valence electrons. The van der Waals surface area contributed by atoms with Gasteiger partial charge in [0.15, 0.2) is 0 Å². The van der Waals surface area contributed by atoms with E-state index >= 15 is 0 Å². The van der Waals surface area contributed by atoms with Crippen LogP contribution in [0.25, 0.3) is 0 Å². The molecule has 0 bridgehead atoms. The summed E-state index contributed by atoms with van der Waals surface area (Å²) < 4.78 is 6.76. The summed E-state index contributed by atoms with van der Waals surface area (Å²) in [7, 11) is 0. The number of pyridine rings is 1. The van der Waals surface area contributed by atoms with Crippen molar-refractivity contribution >= 4 is 15.9 Å². The average Bonchev–Trinajstić information content (AvgIpc) is 2.32. The predicted molar refractivity (Wildman–Crippen MR) is 81.9 cm³/mol. The van der Waals surface area contributed by atoms with Crippen molar-refractivity contribution in [3.8, 4) is 11.6 Å². The third kappa shape index (κ3) is 3.57. The molecule has 0 N–H and O–H groups in total. The fourth-order valence-corrected chi connectivity index (χ4v) is 2.22. The van der Waals surface area contributed by atoms with Gasteiger partial charge in [0, 0.05) is 16.2 Å². The van der Waals surface area contributed by atoms with Crippen molar-refractivity contribution in [1.82, 2.24) is 4.98 Å². The molecule has 0 spiro atoms. The highest BCUT2D eigenvalue weighted by molar-refractivity contribution is 9.10. The highest BCUT2D eigenvalue weighted by atomic mass is 79.9. The van der Waals surface area contributed by atoms with Crippen LogP contribution in [0, 0.1) is 6.92 Å². The van der Waals surface area contributed by atoms with E-state index in [-0.39, 0.29) is 5.41 Å². The summed E-state index contributed by atoms with van der Waals surface area (Å²) in [4.78, 5) is 4.28. The van der Waals surface area contributed by atoms with Gasteiger partial charge in [-0.15, -0.1) is 0 Å². The topological polar surface area (TPSA) is 22.1 Å². The smallest absolute Gasteiger partial charge is 0.222 e. The fraction of sp³-hybridized carbons (Fsp3) is 0.312. The molecule has 3 heteroatoms. The summed E-state index contributed by atoms with van der Waals surface area (Å²) in [6.45, 7) is 8.58. The van der Waals surface area contributed by atoms with E-state index in [1.165, 1.54) is 5.56 Å². The molecule has 1 aromatic heterocycles. The van der Waals surface area contributed by atoms with Crippen molar-refractivity contribution in [2.24, 2.45) is 0 Å². The van der Waals surface area contributed by atoms with Crippen LogP contribution in [-0.2, 0) is 5.41 Å². The molecule has 0 radical (unpaired) electrons. The van der Waals surface area contributed by atoms with Gasteiger partial charge in [0.05, 0.1) is 0 Å². The van der Waals surface area contributed by atoms with E-state index in [9.17, 15) is 0 Å². The number of rotatable bonds is 2. The number of benzene rings is 1. The third-order valence-corrected chi connectivity index (χ3v) is 3.37. The van der Waals surface area contributed by atoms with Gasteiger partial charge >= 0.3 is 0 Å². The van der Waals surface area contributed by atoms with E-state index in [1.807, 2.05) is 25.1 Å². The van der Waals surface area contributed by atoms with Gasteiger partial charge in [-0.3, -0.25) is 0 Å². The Bertz CT molecular complexity index is 570. The van der Waals surface area contributed by atoms with Crippen LogP contribution in [0.15, 0.2) is 41.0 Å². The van der Waals surface area contributed by atoms with Gasteiger partial charge in [-0.1, -0.05) is 32.9 Å². The lowest BCUT2D eigenvalue weighted by Gasteiger charge is -2.19. The first-order valence-corrected chi connectivity index (χ1v) is 7.06. The number of ether oxygens (including phenoxy) is 1. The molecule has 0 atom stereocenters. The first-order valence-electron chi connectivity index (χ1n) is 6.27. The average molecular weight is 320 g/mol. The maximum Gasteiger partial charge on any atom is 0.222 e. The predicted octanol–water partition coefficient (Wildman–Crippen LogP) is 5.24. The lowest BCUT2D eigenvalue weighted by molar-refractivity contribution is 0.458. The summed E-state index contributed by atoms with van der Waals surface area (Å²) >= 11 is 3.40. The van der Waals surface area contributed by atoms with Gasteiger partial charge < -0.3 is 4.74 Å². The molecule has 19 heavy (non-hydrogen) atoms. The molecule has 2 rings (SSSR count). The quantitative estimate of drug-likeness (QED) is 0.754. The Morgan fingerprint density at radius 1 is 1.11 bits per heavy atom. The summed E-state index contributed by atoms with van der Waals surface area (Å²) in [6.07, 6.45) is 1.74. The SMILES string of the molecule is Cc1cc(Br)cnc1Oc1ccc(C(C)(C)C)cc1. The zero-order chi connectivity index (χ0) is 14.0. The van der Waals surface area contributed by atoms with E-state index in [0.717, 1.165) is 15.8 Å². The molecule has 0 saturated carbocycles. The van der Waals surface area contributed by atoms with Crippen LogP contribution in [0.5, 0.6) is 11.6 Å². The molecular formula is C16H18BrNO. The van der Waals surface area contributed by atoms with Crippen LogP contribution < -0.4 is 4.74 Å². The van der Waals surface area contributed by atoms with Crippen molar-refractivity contribution in [3.63, 3.8) is 0 Å². The Hall–Kier alpha value is -1.35. The number of aryl methyl sites for hydroxylation is 1. The van der Waals surface area contributed by atoms with E-state index in [0.29, 0.717) is 5.88 Å². The minimum Gasteiger partial charge on any atom is -0.439 e. The van der Waals surface area contributed by atoms with Crippen LogP contribution in [0.3, 0.4) is 0 Å². The second kappa shape index (κ2) is 5.33. The molecule has 0 fully saturated rings. The Labute approximate surface area is 123 Å². The molecule has 0 aliphatic heterocycles. The summed E-state index contributed by atoms with van der Waals surface area (Å²) in [5.74, 6) is 1.46. The fourth-order valence-electron chi connectivity index (χ4n) is 1.77. The maximum absolute atomic E-state index is 5.80. The number of aromatic nitrogens is 1. The van der Waals surface area contributed by atoms with Gasteiger partial charge in [-0.05, 0) is 52.0 Å². The van der Waals surface area contributed by atoms with Gasteiger partial charge in [0.2, 0.25) is 5.88 Å². The zero-order valence-corrected chi connectivity index (χ0v) is 13.3. The molecule has 2 aromatic rings. The van der Waals surface area contributed by atoms with Crippen molar-refractivity contribution in [3.05, 3.63) is 52.1 Å². The first kappa shape index (κ1) is 14.1. The lowest BCUT2D eigenvalue weighted by atomic mass is 9.87. The largest absolute Gasteiger partial charge is 0.439 e. The molecule has 0 aliphatic carbocycles. The third-order valence-electron chi connectivity index (χ3n) is 2.93. The maximum atomic E-state index is 5.80. The molecule has 0 unspecified atom stereocenters. The Morgan fingerprint density at radius 3 is 2.26 bits per heavy atom. The van der Waals surface area contributed by atoms with Gasteiger partial charge in [0.1, 0.15) is 5.75 Å². The van der Waals surface area contributed by atoms with Crippen molar-refractivity contribution in [1.29, 1.82) is 0 Å². The Balaban J connectivity index is 2.20. The van der Waals surface area contributed by atoms with Crippen LogP contribution in [0.4, 0.5) is 0 Å².